The fourth-order valence-electron chi connectivity index (χ4n) is 4.03. The lowest BCUT2D eigenvalue weighted by Crippen LogP contribution is -2.43. The predicted octanol–water partition coefficient (Wildman–Crippen LogP) is 3.53. The molecule has 9 heteroatoms. The molecule has 4 rings (SSSR count). The van der Waals surface area contributed by atoms with E-state index in [0.29, 0.717) is 31.2 Å². The van der Waals surface area contributed by atoms with E-state index in [1.807, 2.05) is 24.3 Å². The monoisotopic (exact) mass is 443 g/mol. The number of urea groups is 2. The summed E-state index contributed by atoms with van der Waals surface area (Å²) in [5, 5.41) is 9.47. The average Bonchev–Trinajstić information content (AvgIpc) is 3.42. The molecule has 2 heterocycles. The SMILES string of the molecule is COc1ccc(CCNC(=O)N2CCc3nc(NC(=O)NC4CCCC4)sc3C2)cc1. The zero-order valence-corrected chi connectivity index (χ0v) is 18.6. The van der Waals surface area contributed by atoms with Gasteiger partial charge in [0.2, 0.25) is 0 Å². The van der Waals surface area contributed by atoms with Crippen LogP contribution in [0.15, 0.2) is 24.3 Å². The molecular formula is C22H29N5O3S. The number of carbonyl (C=O) groups excluding carboxylic acids is 2. The molecule has 0 radical (unpaired) electrons. The maximum atomic E-state index is 12.6. The number of hydrogen-bond donors (Lipinski definition) is 3. The second-order valence-corrected chi connectivity index (χ2v) is 9.05. The molecule has 0 atom stereocenters. The van der Waals surface area contributed by atoms with Gasteiger partial charge < -0.3 is 20.3 Å². The van der Waals surface area contributed by atoms with Crippen molar-refractivity contribution in [3.8, 4) is 5.75 Å². The number of nitrogens with zero attached hydrogens (tertiary/aromatic N) is 2. The van der Waals surface area contributed by atoms with E-state index in [9.17, 15) is 9.59 Å². The van der Waals surface area contributed by atoms with Crippen molar-refractivity contribution in [2.75, 3.05) is 25.5 Å². The molecule has 166 valence electrons. The smallest absolute Gasteiger partial charge is 0.321 e. The summed E-state index contributed by atoms with van der Waals surface area (Å²) < 4.78 is 5.17. The van der Waals surface area contributed by atoms with Crippen molar-refractivity contribution in [1.82, 2.24) is 20.5 Å². The largest absolute Gasteiger partial charge is 0.497 e. The number of ether oxygens (including phenoxy) is 1. The van der Waals surface area contributed by atoms with Crippen LogP contribution < -0.4 is 20.7 Å². The fraction of sp³-hybridized carbons (Fsp3) is 0.500. The van der Waals surface area contributed by atoms with Crippen LogP contribution in [-0.4, -0.2) is 48.2 Å². The van der Waals surface area contributed by atoms with Gasteiger partial charge in [0.25, 0.3) is 0 Å². The number of hydrogen-bond acceptors (Lipinski definition) is 5. The highest BCUT2D eigenvalue weighted by molar-refractivity contribution is 7.15. The molecular weight excluding hydrogens is 414 g/mol. The van der Waals surface area contributed by atoms with Gasteiger partial charge in [-0.15, -0.1) is 0 Å². The Balaban J connectivity index is 1.24. The van der Waals surface area contributed by atoms with Crippen LogP contribution in [0.25, 0.3) is 0 Å². The highest BCUT2D eigenvalue weighted by atomic mass is 32.1. The second-order valence-electron chi connectivity index (χ2n) is 7.97. The standard InChI is InChI=1S/C22H29N5O3S/c1-30-17-8-6-15(7-9-17)10-12-23-22(29)27-13-11-18-19(14-27)31-21(25-18)26-20(28)24-16-4-2-3-5-16/h6-9,16H,2-5,10-14H2,1H3,(H,23,29)(H2,24,25,26,28). The first-order valence-corrected chi connectivity index (χ1v) is 11.6. The van der Waals surface area contributed by atoms with Gasteiger partial charge in [0.05, 0.1) is 19.3 Å². The van der Waals surface area contributed by atoms with E-state index in [-0.39, 0.29) is 18.1 Å². The number of methoxy groups -OCH3 is 1. The van der Waals surface area contributed by atoms with Gasteiger partial charge in [-0.25, -0.2) is 14.6 Å². The number of thiazole rings is 1. The van der Waals surface area contributed by atoms with Crippen LogP contribution in [0.3, 0.4) is 0 Å². The molecule has 0 bridgehead atoms. The molecule has 2 aromatic rings. The molecule has 8 nitrogen and oxygen atoms in total. The van der Waals surface area contributed by atoms with Gasteiger partial charge >= 0.3 is 12.1 Å². The molecule has 31 heavy (non-hydrogen) atoms. The Hall–Kier alpha value is -2.81. The van der Waals surface area contributed by atoms with Crippen LogP contribution in [0.1, 0.15) is 41.8 Å². The molecule has 1 aromatic carbocycles. The van der Waals surface area contributed by atoms with E-state index >= 15 is 0 Å². The van der Waals surface area contributed by atoms with Crippen molar-refractivity contribution in [2.45, 2.75) is 51.1 Å². The molecule has 1 aliphatic heterocycles. The first kappa shape index (κ1) is 21.4. The molecule has 1 saturated carbocycles. The molecule has 1 fully saturated rings. The molecule has 1 aliphatic carbocycles. The first-order valence-electron chi connectivity index (χ1n) is 10.8. The number of aromatic nitrogens is 1. The lowest BCUT2D eigenvalue weighted by atomic mass is 10.1. The highest BCUT2D eigenvalue weighted by Gasteiger charge is 2.25. The van der Waals surface area contributed by atoms with Crippen molar-refractivity contribution in [3.05, 3.63) is 40.4 Å². The Kier molecular flexibility index (Phi) is 6.91. The predicted molar refractivity (Wildman–Crippen MR) is 121 cm³/mol. The molecule has 0 unspecified atom stereocenters. The van der Waals surface area contributed by atoms with Gasteiger partial charge in [-0.05, 0) is 37.0 Å². The van der Waals surface area contributed by atoms with Crippen LogP contribution in [0.4, 0.5) is 14.7 Å². The Bertz CT molecular complexity index is 908. The molecule has 0 saturated heterocycles. The van der Waals surface area contributed by atoms with Crippen LogP contribution in [0, 0.1) is 0 Å². The van der Waals surface area contributed by atoms with E-state index in [1.54, 1.807) is 12.0 Å². The topological polar surface area (TPSA) is 95.6 Å². The second kappa shape index (κ2) is 10.00. The van der Waals surface area contributed by atoms with Crippen molar-refractivity contribution >= 4 is 28.5 Å². The number of rotatable bonds is 6. The number of amides is 4. The summed E-state index contributed by atoms with van der Waals surface area (Å²) in [4.78, 5) is 32.2. The third-order valence-corrected chi connectivity index (χ3v) is 6.78. The van der Waals surface area contributed by atoms with Crippen molar-refractivity contribution in [3.63, 3.8) is 0 Å². The molecule has 4 amide bonds. The summed E-state index contributed by atoms with van der Waals surface area (Å²) in [6.45, 7) is 1.72. The lowest BCUT2D eigenvalue weighted by Gasteiger charge is -2.26. The molecule has 1 aromatic heterocycles. The zero-order chi connectivity index (χ0) is 21.6. The summed E-state index contributed by atoms with van der Waals surface area (Å²) in [6.07, 6.45) is 5.90. The summed E-state index contributed by atoms with van der Waals surface area (Å²) in [6, 6.07) is 7.87. The van der Waals surface area contributed by atoms with E-state index in [1.165, 1.54) is 24.2 Å². The van der Waals surface area contributed by atoms with Gasteiger partial charge in [-0.2, -0.15) is 0 Å². The Labute approximate surface area is 186 Å². The van der Waals surface area contributed by atoms with E-state index in [0.717, 1.165) is 41.1 Å². The Morgan fingerprint density at radius 2 is 2.00 bits per heavy atom. The highest BCUT2D eigenvalue weighted by Crippen LogP contribution is 2.28. The van der Waals surface area contributed by atoms with Gasteiger partial charge in [0, 0.05) is 30.4 Å². The fourth-order valence-corrected chi connectivity index (χ4v) is 5.05. The minimum Gasteiger partial charge on any atom is -0.497 e. The summed E-state index contributed by atoms with van der Waals surface area (Å²) in [7, 11) is 1.65. The van der Waals surface area contributed by atoms with Gasteiger partial charge in [-0.1, -0.05) is 36.3 Å². The minimum absolute atomic E-state index is 0.0685. The van der Waals surface area contributed by atoms with Crippen molar-refractivity contribution < 1.29 is 14.3 Å². The number of carbonyl (C=O) groups is 2. The average molecular weight is 444 g/mol. The molecule has 2 aliphatic rings. The minimum atomic E-state index is -0.189. The first-order chi connectivity index (χ1) is 15.1. The van der Waals surface area contributed by atoms with Gasteiger partial charge in [0.15, 0.2) is 5.13 Å². The summed E-state index contributed by atoms with van der Waals surface area (Å²) >= 11 is 1.45. The third-order valence-electron chi connectivity index (χ3n) is 5.78. The summed E-state index contributed by atoms with van der Waals surface area (Å²) in [5.41, 5.74) is 2.12. The van der Waals surface area contributed by atoms with Gasteiger partial charge in [0.1, 0.15) is 5.75 Å². The van der Waals surface area contributed by atoms with Crippen LogP contribution in [0.2, 0.25) is 0 Å². The maximum Gasteiger partial charge on any atom is 0.321 e. The van der Waals surface area contributed by atoms with E-state index in [2.05, 4.69) is 20.9 Å². The van der Waals surface area contributed by atoms with E-state index < -0.39 is 0 Å². The van der Waals surface area contributed by atoms with Crippen molar-refractivity contribution in [2.24, 2.45) is 0 Å². The normalized spacial score (nSPS) is 16.0. The summed E-state index contributed by atoms with van der Waals surface area (Å²) in [5.74, 6) is 0.825. The number of benzene rings is 1. The number of nitrogens with one attached hydrogen (secondary N) is 3. The molecule has 0 spiro atoms. The Morgan fingerprint density at radius 1 is 1.23 bits per heavy atom. The maximum absolute atomic E-state index is 12.6. The number of anilines is 1. The van der Waals surface area contributed by atoms with Crippen LogP contribution in [0.5, 0.6) is 5.75 Å². The zero-order valence-electron chi connectivity index (χ0n) is 17.8. The lowest BCUT2D eigenvalue weighted by molar-refractivity contribution is 0.193. The van der Waals surface area contributed by atoms with Crippen molar-refractivity contribution in [1.29, 1.82) is 0 Å². The molecule has 3 N–H and O–H groups in total. The van der Waals surface area contributed by atoms with E-state index in [4.69, 9.17) is 4.74 Å². The third kappa shape index (κ3) is 5.66. The van der Waals surface area contributed by atoms with Crippen LogP contribution in [-0.2, 0) is 19.4 Å². The van der Waals surface area contributed by atoms with Crippen LogP contribution >= 0.6 is 11.3 Å². The number of fused-ring (bicyclic) bond motifs is 1. The Morgan fingerprint density at radius 3 is 2.74 bits per heavy atom. The van der Waals surface area contributed by atoms with Gasteiger partial charge in [-0.3, -0.25) is 5.32 Å². The quantitative estimate of drug-likeness (QED) is 0.636.